The van der Waals surface area contributed by atoms with Crippen LogP contribution in [0.5, 0.6) is 0 Å². The van der Waals surface area contributed by atoms with E-state index in [9.17, 15) is 9.59 Å². The number of carbonyl (C=O) groups excluding carboxylic acids is 2. The fraction of sp³-hybridized carbons (Fsp3) is 0.750. The summed E-state index contributed by atoms with van der Waals surface area (Å²) in [6, 6.07) is 0. The molecule has 1 aromatic rings. The predicted octanol–water partition coefficient (Wildman–Crippen LogP) is 1.06. The molecule has 0 radical (unpaired) electrons. The number of imidazole rings is 1. The highest BCUT2D eigenvalue weighted by Crippen LogP contribution is 2.21. The highest BCUT2D eigenvalue weighted by atomic mass is 16.5. The van der Waals surface area contributed by atoms with Gasteiger partial charge in [0.2, 0.25) is 0 Å². The van der Waals surface area contributed by atoms with E-state index in [1.807, 2.05) is 4.57 Å². The minimum atomic E-state index is -0.197. The molecule has 1 saturated heterocycles. The highest BCUT2D eigenvalue weighted by molar-refractivity contribution is 5.97. The van der Waals surface area contributed by atoms with Crippen molar-refractivity contribution in [2.75, 3.05) is 45.9 Å². The molecule has 3 rings (SSSR count). The molecule has 0 saturated carbocycles. The Morgan fingerprint density at radius 1 is 1.07 bits per heavy atom. The van der Waals surface area contributed by atoms with Crippen molar-refractivity contribution in [1.29, 1.82) is 0 Å². The van der Waals surface area contributed by atoms with Crippen LogP contribution in [-0.4, -0.2) is 72.2 Å². The lowest BCUT2D eigenvalue weighted by atomic mass is 10.1. The van der Waals surface area contributed by atoms with Gasteiger partial charge in [-0.15, -0.1) is 0 Å². The van der Waals surface area contributed by atoms with Crippen molar-refractivity contribution in [3.05, 3.63) is 17.2 Å². The number of nitrogens with zero attached hydrogens (tertiary/aromatic N) is 3. The molecule has 8 heteroatoms. The van der Waals surface area contributed by atoms with Crippen LogP contribution in [0.15, 0.2) is 0 Å². The van der Waals surface area contributed by atoms with Crippen LogP contribution < -0.4 is 10.6 Å². The first-order valence-electron chi connectivity index (χ1n) is 10.5. The molecule has 2 aliphatic rings. The van der Waals surface area contributed by atoms with Crippen LogP contribution in [0.3, 0.4) is 0 Å². The third-order valence-electron chi connectivity index (χ3n) is 5.36. The van der Waals surface area contributed by atoms with Crippen LogP contribution in [0.2, 0.25) is 0 Å². The van der Waals surface area contributed by atoms with Gasteiger partial charge in [-0.3, -0.25) is 14.5 Å². The van der Waals surface area contributed by atoms with Gasteiger partial charge < -0.3 is 19.9 Å². The molecule has 0 unspecified atom stereocenters. The number of hydrogen-bond donors (Lipinski definition) is 2. The van der Waals surface area contributed by atoms with E-state index >= 15 is 0 Å². The van der Waals surface area contributed by atoms with E-state index in [0.29, 0.717) is 30.5 Å². The number of rotatable bonds is 8. The van der Waals surface area contributed by atoms with Gasteiger partial charge in [0.25, 0.3) is 11.8 Å². The van der Waals surface area contributed by atoms with Crippen LogP contribution in [0.4, 0.5) is 0 Å². The van der Waals surface area contributed by atoms with Gasteiger partial charge in [-0.05, 0) is 31.6 Å². The third-order valence-corrected chi connectivity index (χ3v) is 5.36. The van der Waals surface area contributed by atoms with E-state index in [0.717, 1.165) is 70.8 Å². The average Bonchev–Trinajstić information content (AvgIpc) is 3.08. The summed E-state index contributed by atoms with van der Waals surface area (Å²) < 4.78 is 7.28. The molecule has 0 atom stereocenters. The SMILES string of the molecule is CC(C)CCNC(=O)c1nc(C(=O)NCCN2CCOCC2)n2c1CCCC2. The Hall–Kier alpha value is -1.93. The van der Waals surface area contributed by atoms with Crippen LogP contribution in [-0.2, 0) is 17.7 Å². The van der Waals surface area contributed by atoms with Gasteiger partial charge in [-0.1, -0.05) is 13.8 Å². The summed E-state index contributed by atoms with van der Waals surface area (Å²) in [4.78, 5) is 32.1. The number of ether oxygens (including phenoxy) is 1. The first-order chi connectivity index (χ1) is 13.6. The second-order valence-electron chi connectivity index (χ2n) is 7.99. The number of amides is 2. The standard InChI is InChI=1S/C20H33N5O3/c1-15(2)6-7-21-19(26)17-16-5-3-4-9-25(16)18(23-17)20(27)22-8-10-24-11-13-28-14-12-24/h15H,3-14H2,1-2H3,(H,21,26)(H,22,27). The minimum Gasteiger partial charge on any atom is -0.379 e. The van der Waals surface area contributed by atoms with Gasteiger partial charge in [0.05, 0.1) is 18.9 Å². The largest absolute Gasteiger partial charge is 0.379 e. The Labute approximate surface area is 167 Å². The lowest BCUT2D eigenvalue weighted by Crippen LogP contribution is -2.41. The third kappa shape index (κ3) is 5.32. The van der Waals surface area contributed by atoms with Crippen LogP contribution in [0.1, 0.15) is 59.9 Å². The Morgan fingerprint density at radius 3 is 2.57 bits per heavy atom. The molecule has 2 N–H and O–H groups in total. The van der Waals surface area contributed by atoms with Crippen molar-refractivity contribution in [1.82, 2.24) is 25.1 Å². The fourth-order valence-corrected chi connectivity index (χ4v) is 3.69. The Balaban J connectivity index is 1.62. The molecule has 2 amide bonds. The molecular weight excluding hydrogens is 358 g/mol. The Morgan fingerprint density at radius 2 is 1.82 bits per heavy atom. The quantitative estimate of drug-likeness (QED) is 0.692. The molecule has 1 aromatic heterocycles. The van der Waals surface area contributed by atoms with Crippen molar-refractivity contribution >= 4 is 11.8 Å². The molecule has 156 valence electrons. The Kier molecular flexibility index (Phi) is 7.44. The molecule has 8 nitrogen and oxygen atoms in total. The normalized spacial score (nSPS) is 17.4. The van der Waals surface area contributed by atoms with E-state index in [1.165, 1.54) is 0 Å². The molecule has 0 bridgehead atoms. The van der Waals surface area contributed by atoms with E-state index in [-0.39, 0.29) is 11.8 Å². The average molecular weight is 392 g/mol. The van der Waals surface area contributed by atoms with E-state index in [1.54, 1.807) is 0 Å². The summed E-state index contributed by atoms with van der Waals surface area (Å²) in [6.45, 7) is 10.3. The summed E-state index contributed by atoms with van der Waals surface area (Å²) >= 11 is 0. The summed E-state index contributed by atoms with van der Waals surface area (Å²) in [5.74, 6) is 0.533. The van der Waals surface area contributed by atoms with Gasteiger partial charge in [0.15, 0.2) is 5.82 Å². The second-order valence-corrected chi connectivity index (χ2v) is 7.99. The number of nitrogens with one attached hydrogen (secondary N) is 2. The monoisotopic (exact) mass is 391 g/mol. The van der Waals surface area contributed by atoms with Gasteiger partial charge >= 0.3 is 0 Å². The first-order valence-corrected chi connectivity index (χ1v) is 10.5. The van der Waals surface area contributed by atoms with E-state index in [4.69, 9.17) is 4.74 Å². The maximum Gasteiger partial charge on any atom is 0.287 e. The zero-order chi connectivity index (χ0) is 19.9. The van der Waals surface area contributed by atoms with Crippen molar-refractivity contribution in [2.24, 2.45) is 5.92 Å². The summed E-state index contributed by atoms with van der Waals surface area (Å²) in [5.41, 5.74) is 1.31. The Bertz CT molecular complexity index is 680. The van der Waals surface area contributed by atoms with Crippen molar-refractivity contribution < 1.29 is 14.3 Å². The highest BCUT2D eigenvalue weighted by Gasteiger charge is 2.27. The number of morpholine rings is 1. The summed E-state index contributed by atoms with van der Waals surface area (Å²) in [5, 5.41) is 5.92. The lowest BCUT2D eigenvalue weighted by molar-refractivity contribution is 0.0383. The fourth-order valence-electron chi connectivity index (χ4n) is 3.69. The maximum atomic E-state index is 12.7. The number of fused-ring (bicyclic) bond motifs is 1. The van der Waals surface area contributed by atoms with Crippen LogP contribution in [0, 0.1) is 5.92 Å². The molecule has 2 aliphatic heterocycles. The van der Waals surface area contributed by atoms with Gasteiger partial charge in [-0.2, -0.15) is 0 Å². The molecule has 28 heavy (non-hydrogen) atoms. The van der Waals surface area contributed by atoms with Crippen LogP contribution >= 0.6 is 0 Å². The number of hydrogen-bond acceptors (Lipinski definition) is 5. The molecular formula is C20H33N5O3. The van der Waals surface area contributed by atoms with Gasteiger partial charge in [-0.25, -0.2) is 4.98 Å². The lowest BCUT2D eigenvalue weighted by Gasteiger charge is -2.26. The summed E-state index contributed by atoms with van der Waals surface area (Å²) in [7, 11) is 0. The van der Waals surface area contributed by atoms with Crippen molar-refractivity contribution in [2.45, 2.75) is 46.1 Å². The number of carbonyl (C=O) groups is 2. The number of aromatic nitrogens is 2. The predicted molar refractivity (Wildman–Crippen MR) is 107 cm³/mol. The van der Waals surface area contributed by atoms with Crippen molar-refractivity contribution in [3.8, 4) is 0 Å². The smallest absolute Gasteiger partial charge is 0.287 e. The van der Waals surface area contributed by atoms with Gasteiger partial charge in [0, 0.05) is 39.3 Å². The zero-order valence-corrected chi connectivity index (χ0v) is 17.1. The van der Waals surface area contributed by atoms with E-state index in [2.05, 4.69) is 34.4 Å². The molecule has 0 aliphatic carbocycles. The van der Waals surface area contributed by atoms with Crippen LogP contribution in [0.25, 0.3) is 0 Å². The van der Waals surface area contributed by atoms with E-state index < -0.39 is 0 Å². The summed E-state index contributed by atoms with van der Waals surface area (Å²) in [6.07, 6.45) is 3.75. The van der Waals surface area contributed by atoms with Crippen molar-refractivity contribution in [3.63, 3.8) is 0 Å². The molecule has 0 aromatic carbocycles. The first kappa shape index (κ1) is 20.8. The minimum absolute atomic E-state index is 0.168. The second kappa shape index (κ2) is 10.0. The zero-order valence-electron chi connectivity index (χ0n) is 17.1. The maximum absolute atomic E-state index is 12.7. The molecule has 1 fully saturated rings. The van der Waals surface area contributed by atoms with Gasteiger partial charge in [0.1, 0.15) is 5.69 Å². The molecule has 3 heterocycles. The molecule has 0 spiro atoms. The topological polar surface area (TPSA) is 88.5 Å².